The van der Waals surface area contributed by atoms with Crippen LogP contribution in [0.5, 0.6) is 0 Å². The number of carboxylic acid groups (broad SMARTS) is 1. The minimum Gasteiger partial charge on any atom is -0.480 e. The van der Waals surface area contributed by atoms with Crippen molar-refractivity contribution in [2.75, 3.05) is 12.4 Å². The van der Waals surface area contributed by atoms with Gasteiger partial charge in [0.25, 0.3) is 5.91 Å². The average molecular weight is 499 g/mol. The van der Waals surface area contributed by atoms with Gasteiger partial charge in [0.15, 0.2) is 0 Å². The fourth-order valence-electron chi connectivity index (χ4n) is 3.75. The van der Waals surface area contributed by atoms with Crippen LogP contribution in [0, 0.1) is 13.8 Å². The Balaban J connectivity index is 1.82. The number of hydrogen-bond donors (Lipinski definition) is 2. The van der Waals surface area contributed by atoms with Crippen molar-refractivity contribution in [1.82, 2.24) is 4.90 Å². The highest BCUT2D eigenvalue weighted by atomic mass is 35.5. The van der Waals surface area contributed by atoms with E-state index < -0.39 is 17.9 Å². The normalized spacial score (nSPS) is 12.7. The number of nitrogens with one attached hydrogen (secondary N) is 1. The Hall–Kier alpha value is -3.02. The van der Waals surface area contributed by atoms with Crippen LogP contribution in [0.2, 0.25) is 10.0 Å². The summed E-state index contributed by atoms with van der Waals surface area (Å²) in [5, 5.41) is 13.8. The molecular weight excluding hydrogens is 471 g/mol. The van der Waals surface area contributed by atoms with Crippen LogP contribution in [0.25, 0.3) is 11.1 Å². The van der Waals surface area contributed by atoms with Gasteiger partial charge in [0.1, 0.15) is 6.04 Å². The maximum Gasteiger partial charge on any atom is 0.326 e. The summed E-state index contributed by atoms with van der Waals surface area (Å²) in [5.41, 5.74) is 6.24. The van der Waals surface area contributed by atoms with Gasteiger partial charge in [-0.25, -0.2) is 4.79 Å². The van der Waals surface area contributed by atoms with Crippen molar-refractivity contribution in [1.29, 1.82) is 0 Å². The molecule has 1 amide bonds. The second-order valence-electron chi connectivity index (χ2n) is 8.54. The molecule has 3 aromatic carbocycles. The molecule has 3 aromatic rings. The molecule has 2 unspecified atom stereocenters. The van der Waals surface area contributed by atoms with Crippen molar-refractivity contribution in [3.8, 4) is 11.1 Å². The van der Waals surface area contributed by atoms with Gasteiger partial charge in [0, 0.05) is 23.8 Å². The standard InChI is InChI=1S/C27H28Cl2N2O3/c1-15-11-21(12-16(2)25(15)29)17(3)30-22-8-6-7-19(13-22)20-9-10-23(24(28)14-20)26(32)31(5)18(4)27(33)34/h6-14,17-18,30H,1-5H3,(H,33,34). The molecule has 0 radical (unpaired) electrons. The third-order valence-electron chi connectivity index (χ3n) is 6.00. The maximum absolute atomic E-state index is 12.7. The second kappa shape index (κ2) is 10.5. The Morgan fingerprint density at radius 3 is 2.15 bits per heavy atom. The Morgan fingerprint density at radius 1 is 0.941 bits per heavy atom. The number of hydrogen-bond acceptors (Lipinski definition) is 3. The van der Waals surface area contributed by atoms with Crippen LogP contribution >= 0.6 is 23.2 Å². The lowest BCUT2D eigenvalue weighted by atomic mass is 10.0. The third-order valence-corrected chi connectivity index (χ3v) is 6.90. The predicted octanol–water partition coefficient (Wildman–Crippen LogP) is 7.00. The third kappa shape index (κ3) is 5.54. The van der Waals surface area contributed by atoms with Crippen LogP contribution in [-0.2, 0) is 4.79 Å². The summed E-state index contributed by atoms with van der Waals surface area (Å²) < 4.78 is 0. The number of carbonyl (C=O) groups excluding carboxylic acids is 1. The smallest absolute Gasteiger partial charge is 0.326 e. The van der Waals surface area contributed by atoms with Crippen LogP contribution in [-0.4, -0.2) is 35.0 Å². The summed E-state index contributed by atoms with van der Waals surface area (Å²) >= 11 is 12.7. The molecule has 178 valence electrons. The van der Waals surface area contributed by atoms with Crippen molar-refractivity contribution >= 4 is 40.8 Å². The van der Waals surface area contributed by atoms with Crippen molar-refractivity contribution < 1.29 is 14.7 Å². The Morgan fingerprint density at radius 2 is 1.56 bits per heavy atom. The highest BCUT2D eigenvalue weighted by Gasteiger charge is 2.24. The first-order chi connectivity index (χ1) is 16.0. The van der Waals surface area contributed by atoms with E-state index in [2.05, 4.69) is 24.4 Å². The van der Waals surface area contributed by atoms with Gasteiger partial charge >= 0.3 is 5.97 Å². The number of carbonyl (C=O) groups is 2. The number of benzene rings is 3. The second-order valence-corrected chi connectivity index (χ2v) is 9.33. The molecule has 0 heterocycles. The molecule has 0 aliphatic heterocycles. The zero-order chi connectivity index (χ0) is 25.2. The van der Waals surface area contributed by atoms with Gasteiger partial charge in [0.2, 0.25) is 0 Å². The fourth-order valence-corrected chi connectivity index (χ4v) is 4.12. The quantitative estimate of drug-likeness (QED) is 0.368. The van der Waals surface area contributed by atoms with Crippen molar-refractivity contribution in [3.63, 3.8) is 0 Å². The number of rotatable bonds is 7. The summed E-state index contributed by atoms with van der Waals surface area (Å²) in [6.45, 7) is 7.56. The minimum absolute atomic E-state index is 0.0697. The molecule has 0 aliphatic carbocycles. The van der Waals surface area contributed by atoms with E-state index in [0.29, 0.717) is 0 Å². The summed E-state index contributed by atoms with van der Waals surface area (Å²) in [5.74, 6) is -1.52. The molecular formula is C27H28Cl2N2O3. The zero-order valence-corrected chi connectivity index (χ0v) is 21.3. The van der Waals surface area contributed by atoms with E-state index in [-0.39, 0.29) is 16.6 Å². The van der Waals surface area contributed by atoms with Crippen LogP contribution in [0.4, 0.5) is 5.69 Å². The Kier molecular flexibility index (Phi) is 7.90. The number of amides is 1. The first-order valence-corrected chi connectivity index (χ1v) is 11.7. The first kappa shape index (κ1) is 25.6. The summed E-state index contributed by atoms with van der Waals surface area (Å²) in [7, 11) is 1.45. The molecule has 0 saturated carbocycles. The van der Waals surface area contributed by atoms with E-state index >= 15 is 0 Å². The molecule has 3 rings (SSSR count). The van der Waals surface area contributed by atoms with Gasteiger partial charge in [-0.1, -0.05) is 53.5 Å². The highest BCUT2D eigenvalue weighted by Crippen LogP contribution is 2.31. The van der Waals surface area contributed by atoms with E-state index in [4.69, 9.17) is 23.2 Å². The lowest BCUT2D eigenvalue weighted by molar-refractivity contribution is -0.141. The topological polar surface area (TPSA) is 69.6 Å². The lowest BCUT2D eigenvalue weighted by Crippen LogP contribution is -2.40. The number of anilines is 1. The van der Waals surface area contributed by atoms with E-state index in [1.54, 1.807) is 12.1 Å². The van der Waals surface area contributed by atoms with Crippen molar-refractivity contribution in [2.24, 2.45) is 0 Å². The van der Waals surface area contributed by atoms with Gasteiger partial charge in [-0.05, 0) is 79.8 Å². The molecule has 2 N–H and O–H groups in total. The van der Waals surface area contributed by atoms with E-state index in [1.807, 2.05) is 44.2 Å². The number of halogens is 2. The molecule has 0 saturated heterocycles. The van der Waals surface area contributed by atoms with Crippen molar-refractivity contribution in [2.45, 2.75) is 39.8 Å². The fraction of sp³-hybridized carbons (Fsp3) is 0.259. The van der Waals surface area contributed by atoms with E-state index in [0.717, 1.165) is 43.4 Å². The number of aliphatic carboxylic acids is 1. The zero-order valence-electron chi connectivity index (χ0n) is 19.8. The van der Waals surface area contributed by atoms with Gasteiger partial charge in [-0.3, -0.25) is 4.79 Å². The summed E-state index contributed by atoms with van der Waals surface area (Å²) in [6.07, 6.45) is 0. The van der Waals surface area contributed by atoms with Crippen LogP contribution < -0.4 is 5.32 Å². The highest BCUT2D eigenvalue weighted by molar-refractivity contribution is 6.34. The molecule has 34 heavy (non-hydrogen) atoms. The number of carboxylic acids is 1. The first-order valence-electron chi connectivity index (χ1n) is 10.9. The number of nitrogens with zero attached hydrogens (tertiary/aromatic N) is 1. The van der Waals surface area contributed by atoms with Crippen LogP contribution in [0.3, 0.4) is 0 Å². The van der Waals surface area contributed by atoms with Gasteiger partial charge < -0.3 is 15.3 Å². The molecule has 0 aromatic heterocycles. The van der Waals surface area contributed by atoms with Gasteiger partial charge in [-0.15, -0.1) is 0 Å². The largest absolute Gasteiger partial charge is 0.480 e. The van der Waals surface area contributed by atoms with Gasteiger partial charge in [0.05, 0.1) is 10.6 Å². The number of aryl methyl sites for hydroxylation is 2. The lowest BCUT2D eigenvalue weighted by Gasteiger charge is -2.22. The molecule has 2 atom stereocenters. The molecule has 7 heteroatoms. The molecule has 0 fully saturated rings. The minimum atomic E-state index is -1.08. The van der Waals surface area contributed by atoms with Gasteiger partial charge in [-0.2, -0.15) is 0 Å². The monoisotopic (exact) mass is 498 g/mol. The number of likely N-dealkylation sites (N-methyl/N-ethyl adjacent to an activating group) is 1. The van der Waals surface area contributed by atoms with E-state index in [1.165, 1.54) is 14.0 Å². The Labute approximate surface area is 210 Å². The molecule has 5 nitrogen and oxygen atoms in total. The predicted molar refractivity (Wildman–Crippen MR) is 139 cm³/mol. The maximum atomic E-state index is 12.7. The van der Waals surface area contributed by atoms with Crippen molar-refractivity contribution in [3.05, 3.63) is 86.9 Å². The van der Waals surface area contributed by atoms with Crippen LogP contribution in [0.15, 0.2) is 54.6 Å². The average Bonchev–Trinajstić information content (AvgIpc) is 2.80. The van der Waals surface area contributed by atoms with Crippen LogP contribution in [0.1, 0.15) is 46.9 Å². The van der Waals surface area contributed by atoms with E-state index in [9.17, 15) is 14.7 Å². The Bertz CT molecular complexity index is 1220. The summed E-state index contributed by atoms with van der Waals surface area (Å²) in [6, 6.07) is 16.4. The molecule has 0 spiro atoms. The molecule has 0 aliphatic rings. The molecule has 0 bridgehead atoms. The summed E-state index contributed by atoms with van der Waals surface area (Å²) in [4.78, 5) is 25.1. The SMILES string of the molecule is Cc1cc(C(C)Nc2cccc(-c3ccc(C(=O)N(C)C(C)C(=O)O)c(Cl)c3)c2)cc(C)c1Cl.